The van der Waals surface area contributed by atoms with Crippen LogP contribution < -0.4 is 10.9 Å². The monoisotopic (exact) mass is 208 g/mol. The SMILES string of the molecule is CNCCCc1ccn(C(C)C)c(=O)c1. The van der Waals surface area contributed by atoms with Gasteiger partial charge in [0, 0.05) is 18.3 Å². The van der Waals surface area contributed by atoms with E-state index in [1.807, 2.05) is 33.2 Å². The van der Waals surface area contributed by atoms with Crippen molar-refractivity contribution >= 4 is 0 Å². The maximum atomic E-state index is 11.7. The number of hydrogen-bond acceptors (Lipinski definition) is 2. The summed E-state index contributed by atoms with van der Waals surface area (Å²) in [6.07, 6.45) is 3.93. The van der Waals surface area contributed by atoms with Crippen LogP contribution in [0.2, 0.25) is 0 Å². The molecule has 3 nitrogen and oxygen atoms in total. The van der Waals surface area contributed by atoms with Gasteiger partial charge in [-0.1, -0.05) is 0 Å². The van der Waals surface area contributed by atoms with E-state index in [1.54, 1.807) is 10.6 Å². The number of rotatable bonds is 5. The van der Waals surface area contributed by atoms with E-state index in [0.717, 1.165) is 24.9 Å². The van der Waals surface area contributed by atoms with Gasteiger partial charge in [0.25, 0.3) is 5.56 Å². The first kappa shape index (κ1) is 12.0. The molecule has 0 unspecified atom stereocenters. The first-order valence-electron chi connectivity index (χ1n) is 5.51. The van der Waals surface area contributed by atoms with E-state index >= 15 is 0 Å². The molecule has 0 radical (unpaired) electrons. The average Bonchev–Trinajstić information content (AvgIpc) is 2.17. The third-order valence-corrected chi connectivity index (χ3v) is 2.46. The maximum Gasteiger partial charge on any atom is 0.251 e. The van der Waals surface area contributed by atoms with Crippen LogP contribution in [0.15, 0.2) is 23.1 Å². The van der Waals surface area contributed by atoms with Crippen LogP contribution in [0.1, 0.15) is 31.9 Å². The Bertz CT molecular complexity index is 355. The summed E-state index contributed by atoms with van der Waals surface area (Å²) in [4.78, 5) is 11.7. The summed E-state index contributed by atoms with van der Waals surface area (Å²) in [5, 5.41) is 3.10. The van der Waals surface area contributed by atoms with E-state index in [-0.39, 0.29) is 11.6 Å². The highest BCUT2D eigenvalue weighted by Crippen LogP contribution is 2.03. The molecule has 0 saturated carbocycles. The molecule has 0 aliphatic carbocycles. The molecule has 0 aromatic carbocycles. The molecular weight excluding hydrogens is 188 g/mol. The van der Waals surface area contributed by atoms with Gasteiger partial charge in [0.1, 0.15) is 0 Å². The Balaban J connectivity index is 2.70. The summed E-state index contributed by atoms with van der Waals surface area (Å²) in [6, 6.07) is 4.02. The molecule has 1 N–H and O–H groups in total. The molecule has 0 spiro atoms. The Hall–Kier alpha value is -1.09. The van der Waals surface area contributed by atoms with Crippen LogP contribution in [0, 0.1) is 0 Å². The van der Waals surface area contributed by atoms with Crippen molar-refractivity contribution in [1.29, 1.82) is 0 Å². The number of pyridine rings is 1. The second-order valence-corrected chi connectivity index (χ2v) is 4.08. The minimum absolute atomic E-state index is 0.104. The minimum Gasteiger partial charge on any atom is -0.320 e. The van der Waals surface area contributed by atoms with Crippen molar-refractivity contribution in [3.8, 4) is 0 Å². The molecule has 0 aliphatic rings. The Morgan fingerprint density at radius 3 is 2.73 bits per heavy atom. The Labute approximate surface area is 91.1 Å². The maximum absolute atomic E-state index is 11.7. The van der Waals surface area contributed by atoms with E-state index in [1.165, 1.54) is 0 Å². The number of nitrogens with one attached hydrogen (secondary N) is 1. The zero-order valence-corrected chi connectivity index (χ0v) is 9.79. The lowest BCUT2D eigenvalue weighted by Crippen LogP contribution is -2.21. The topological polar surface area (TPSA) is 34.0 Å². The van der Waals surface area contributed by atoms with Crippen LogP contribution >= 0.6 is 0 Å². The second kappa shape index (κ2) is 5.71. The zero-order chi connectivity index (χ0) is 11.3. The Morgan fingerprint density at radius 2 is 2.20 bits per heavy atom. The van der Waals surface area contributed by atoms with Crippen molar-refractivity contribution in [2.24, 2.45) is 0 Å². The van der Waals surface area contributed by atoms with E-state index < -0.39 is 0 Å². The summed E-state index contributed by atoms with van der Waals surface area (Å²) in [6.45, 7) is 5.03. The molecule has 0 amide bonds. The number of aryl methyl sites for hydroxylation is 1. The van der Waals surface area contributed by atoms with E-state index in [9.17, 15) is 4.79 Å². The lowest BCUT2D eigenvalue weighted by molar-refractivity contribution is 0.576. The van der Waals surface area contributed by atoms with Gasteiger partial charge in [-0.05, 0) is 51.9 Å². The van der Waals surface area contributed by atoms with Crippen LogP contribution in [0.4, 0.5) is 0 Å². The third kappa shape index (κ3) is 3.51. The van der Waals surface area contributed by atoms with Gasteiger partial charge in [-0.25, -0.2) is 0 Å². The fourth-order valence-corrected chi connectivity index (χ4v) is 1.58. The molecule has 15 heavy (non-hydrogen) atoms. The molecule has 1 heterocycles. The van der Waals surface area contributed by atoms with Crippen LogP contribution in [-0.2, 0) is 6.42 Å². The molecule has 0 fully saturated rings. The predicted octanol–water partition coefficient (Wildman–Crippen LogP) is 1.58. The Morgan fingerprint density at radius 1 is 1.47 bits per heavy atom. The fraction of sp³-hybridized carbons (Fsp3) is 0.583. The van der Waals surface area contributed by atoms with Crippen molar-refractivity contribution in [2.75, 3.05) is 13.6 Å². The van der Waals surface area contributed by atoms with Gasteiger partial charge < -0.3 is 9.88 Å². The highest BCUT2D eigenvalue weighted by atomic mass is 16.1. The largest absolute Gasteiger partial charge is 0.320 e. The van der Waals surface area contributed by atoms with Crippen LogP contribution in [0.3, 0.4) is 0 Å². The molecule has 0 bridgehead atoms. The first-order chi connectivity index (χ1) is 7.15. The quantitative estimate of drug-likeness (QED) is 0.745. The van der Waals surface area contributed by atoms with Crippen molar-refractivity contribution in [3.63, 3.8) is 0 Å². The number of hydrogen-bond donors (Lipinski definition) is 1. The summed E-state index contributed by atoms with van der Waals surface area (Å²) in [5.74, 6) is 0. The number of nitrogens with zero attached hydrogens (tertiary/aromatic N) is 1. The lowest BCUT2D eigenvalue weighted by Gasteiger charge is -2.10. The fourth-order valence-electron chi connectivity index (χ4n) is 1.58. The van der Waals surface area contributed by atoms with Crippen molar-refractivity contribution in [2.45, 2.75) is 32.7 Å². The lowest BCUT2D eigenvalue weighted by atomic mass is 10.1. The summed E-state index contributed by atoms with van der Waals surface area (Å²) < 4.78 is 1.75. The van der Waals surface area contributed by atoms with Gasteiger partial charge in [-0.2, -0.15) is 0 Å². The summed E-state index contributed by atoms with van der Waals surface area (Å²) in [7, 11) is 1.94. The first-order valence-corrected chi connectivity index (χ1v) is 5.51. The molecular formula is C12H20N2O. The highest BCUT2D eigenvalue weighted by Gasteiger charge is 2.01. The van der Waals surface area contributed by atoms with Gasteiger partial charge >= 0.3 is 0 Å². The summed E-state index contributed by atoms with van der Waals surface area (Å²) in [5.41, 5.74) is 1.24. The Kier molecular flexibility index (Phi) is 4.56. The van der Waals surface area contributed by atoms with E-state index in [0.29, 0.717) is 0 Å². The third-order valence-electron chi connectivity index (χ3n) is 2.46. The van der Waals surface area contributed by atoms with Gasteiger partial charge in [-0.3, -0.25) is 4.79 Å². The van der Waals surface area contributed by atoms with Gasteiger partial charge in [-0.15, -0.1) is 0 Å². The molecule has 3 heteroatoms. The normalized spacial score (nSPS) is 10.9. The molecule has 0 atom stereocenters. The van der Waals surface area contributed by atoms with Crippen LogP contribution in [0.25, 0.3) is 0 Å². The van der Waals surface area contributed by atoms with Gasteiger partial charge in [0.05, 0.1) is 0 Å². The van der Waals surface area contributed by atoms with Crippen molar-refractivity contribution in [1.82, 2.24) is 9.88 Å². The molecule has 0 saturated heterocycles. The standard InChI is InChI=1S/C12H20N2O/c1-10(2)14-8-6-11(9-12(14)15)5-4-7-13-3/h6,8-10,13H,4-5,7H2,1-3H3. The van der Waals surface area contributed by atoms with Gasteiger partial charge in [0.2, 0.25) is 0 Å². The minimum atomic E-state index is 0.104. The van der Waals surface area contributed by atoms with Crippen LogP contribution in [0.5, 0.6) is 0 Å². The second-order valence-electron chi connectivity index (χ2n) is 4.08. The van der Waals surface area contributed by atoms with Gasteiger partial charge in [0.15, 0.2) is 0 Å². The van der Waals surface area contributed by atoms with Crippen molar-refractivity contribution < 1.29 is 0 Å². The van der Waals surface area contributed by atoms with E-state index in [2.05, 4.69) is 5.32 Å². The molecule has 1 rings (SSSR count). The predicted molar refractivity (Wildman–Crippen MR) is 63.3 cm³/mol. The molecule has 0 aliphatic heterocycles. The molecule has 1 aromatic rings. The molecule has 1 aromatic heterocycles. The molecule has 84 valence electrons. The summed E-state index contributed by atoms with van der Waals surface area (Å²) >= 11 is 0. The van der Waals surface area contributed by atoms with E-state index in [4.69, 9.17) is 0 Å². The van der Waals surface area contributed by atoms with Crippen LogP contribution in [-0.4, -0.2) is 18.2 Å². The highest BCUT2D eigenvalue weighted by molar-refractivity contribution is 5.11. The smallest absolute Gasteiger partial charge is 0.251 e. The van der Waals surface area contributed by atoms with Crippen molar-refractivity contribution in [3.05, 3.63) is 34.2 Å². The number of aromatic nitrogens is 1. The average molecular weight is 208 g/mol. The zero-order valence-electron chi connectivity index (χ0n) is 9.79.